The highest BCUT2D eigenvalue weighted by atomic mass is 35.5. The van der Waals surface area contributed by atoms with Gasteiger partial charge in [-0.3, -0.25) is 9.59 Å². The Hall–Kier alpha value is -2.14. The first-order valence-corrected chi connectivity index (χ1v) is 13.0. The van der Waals surface area contributed by atoms with Crippen LogP contribution in [-0.2, 0) is 34.2 Å². The molecule has 1 N–H and O–H groups in total. The van der Waals surface area contributed by atoms with Crippen molar-refractivity contribution in [2.75, 3.05) is 23.9 Å². The molecular formula is C21H20ClN3O4S3. The standard InChI is InChI=1S/C21H20ClN3O4S3/c1-25-13-7-6-11(22)8-15(13)32-21(25)24-17(27)10-30-9-16(26)23-19-18(20(28)29-2)12-4-3-5-14(12)31-19/h6-8H,3-5,9-10H2,1-2H3,(H,23,26). The Morgan fingerprint density at radius 3 is 2.84 bits per heavy atom. The lowest BCUT2D eigenvalue weighted by Gasteiger charge is -2.06. The Morgan fingerprint density at radius 2 is 2.06 bits per heavy atom. The molecule has 168 valence electrons. The van der Waals surface area contributed by atoms with Crippen molar-refractivity contribution in [2.45, 2.75) is 19.3 Å². The second kappa shape index (κ2) is 9.78. The molecule has 2 heterocycles. The van der Waals surface area contributed by atoms with Crippen LogP contribution in [0.25, 0.3) is 10.2 Å². The van der Waals surface area contributed by atoms with Gasteiger partial charge in [0, 0.05) is 16.9 Å². The number of anilines is 1. The Labute approximate surface area is 201 Å². The van der Waals surface area contributed by atoms with Gasteiger partial charge < -0.3 is 14.6 Å². The van der Waals surface area contributed by atoms with Crippen LogP contribution in [-0.4, -0.2) is 41.0 Å². The summed E-state index contributed by atoms with van der Waals surface area (Å²) in [6.07, 6.45) is 2.73. The average Bonchev–Trinajstić information content (AvgIpc) is 3.41. The van der Waals surface area contributed by atoms with E-state index in [0.717, 1.165) is 39.9 Å². The van der Waals surface area contributed by atoms with E-state index in [0.29, 0.717) is 20.4 Å². The summed E-state index contributed by atoms with van der Waals surface area (Å²) < 4.78 is 7.69. The molecule has 0 saturated heterocycles. The molecule has 2 aromatic heterocycles. The molecule has 0 radical (unpaired) electrons. The van der Waals surface area contributed by atoms with E-state index >= 15 is 0 Å². The summed E-state index contributed by atoms with van der Waals surface area (Å²) in [5, 5.41) is 3.97. The van der Waals surface area contributed by atoms with Gasteiger partial charge in [-0.25, -0.2) is 4.79 Å². The van der Waals surface area contributed by atoms with Crippen molar-refractivity contribution in [3.63, 3.8) is 0 Å². The van der Waals surface area contributed by atoms with E-state index in [9.17, 15) is 14.4 Å². The predicted molar refractivity (Wildman–Crippen MR) is 130 cm³/mol. The lowest BCUT2D eigenvalue weighted by atomic mass is 10.1. The van der Waals surface area contributed by atoms with Gasteiger partial charge in [-0.2, -0.15) is 4.99 Å². The fraction of sp³-hybridized carbons (Fsp3) is 0.333. The molecule has 0 saturated carbocycles. The van der Waals surface area contributed by atoms with Gasteiger partial charge in [-0.05, 0) is 43.0 Å². The fourth-order valence-corrected chi connectivity index (χ4v) is 6.76. The molecule has 0 bridgehead atoms. The van der Waals surface area contributed by atoms with Crippen LogP contribution < -0.4 is 10.1 Å². The van der Waals surface area contributed by atoms with Crippen molar-refractivity contribution >= 4 is 79.0 Å². The highest BCUT2D eigenvalue weighted by Crippen LogP contribution is 2.39. The normalized spacial score (nSPS) is 13.4. The van der Waals surface area contributed by atoms with Gasteiger partial charge in [-0.1, -0.05) is 22.9 Å². The number of aryl methyl sites for hydroxylation is 2. The van der Waals surface area contributed by atoms with E-state index in [1.165, 1.54) is 41.5 Å². The summed E-state index contributed by atoms with van der Waals surface area (Å²) >= 11 is 10.0. The number of fused-ring (bicyclic) bond motifs is 2. The third-order valence-corrected chi connectivity index (χ3v) is 8.47. The Morgan fingerprint density at radius 1 is 1.25 bits per heavy atom. The van der Waals surface area contributed by atoms with Crippen molar-refractivity contribution in [3.8, 4) is 0 Å². The molecule has 1 aromatic carbocycles. The van der Waals surface area contributed by atoms with Crippen LogP contribution in [0, 0.1) is 0 Å². The van der Waals surface area contributed by atoms with Gasteiger partial charge in [0.15, 0.2) is 4.80 Å². The number of amides is 2. The molecule has 32 heavy (non-hydrogen) atoms. The molecule has 1 aliphatic carbocycles. The number of halogens is 1. The number of ether oxygens (including phenoxy) is 1. The first kappa shape index (κ1) is 23.0. The van der Waals surface area contributed by atoms with Gasteiger partial charge >= 0.3 is 5.97 Å². The Balaban J connectivity index is 1.37. The number of hydrogen-bond acceptors (Lipinski definition) is 7. The van der Waals surface area contributed by atoms with Crippen LogP contribution in [0.2, 0.25) is 5.02 Å². The quantitative estimate of drug-likeness (QED) is 0.507. The molecule has 4 rings (SSSR count). The first-order valence-electron chi connectivity index (χ1n) is 9.80. The van der Waals surface area contributed by atoms with Crippen molar-refractivity contribution in [1.29, 1.82) is 0 Å². The molecule has 0 spiro atoms. The Kier molecular flexibility index (Phi) is 7.04. The third kappa shape index (κ3) is 4.78. The summed E-state index contributed by atoms with van der Waals surface area (Å²) in [6, 6.07) is 5.53. The number of aromatic nitrogens is 1. The first-order chi connectivity index (χ1) is 15.4. The number of benzene rings is 1. The number of thiazole rings is 1. The van der Waals surface area contributed by atoms with Crippen LogP contribution in [0.5, 0.6) is 0 Å². The minimum Gasteiger partial charge on any atom is -0.465 e. The molecule has 1 aliphatic rings. The zero-order valence-corrected chi connectivity index (χ0v) is 20.6. The average molecular weight is 510 g/mol. The van der Waals surface area contributed by atoms with Gasteiger partial charge in [0.05, 0.1) is 34.4 Å². The van der Waals surface area contributed by atoms with E-state index in [-0.39, 0.29) is 23.3 Å². The van der Waals surface area contributed by atoms with Crippen molar-refractivity contribution < 1.29 is 19.1 Å². The highest BCUT2D eigenvalue weighted by Gasteiger charge is 2.28. The van der Waals surface area contributed by atoms with Crippen molar-refractivity contribution in [3.05, 3.63) is 44.0 Å². The minimum absolute atomic E-state index is 0.0766. The highest BCUT2D eigenvalue weighted by molar-refractivity contribution is 8.00. The number of thiophene rings is 1. The number of thioether (sulfide) groups is 1. The zero-order valence-electron chi connectivity index (χ0n) is 17.4. The monoisotopic (exact) mass is 509 g/mol. The number of rotatable bonds is 6. The maximum Gasteiger partial charge on any atom is 0.341 e. The van der Waals surface area contributed by atoms with E-state index in [2.05, 4.69) is 10.3 Å². The predicted octanol–water partition coefficient (Wildman–Crippen LogP) is 4.03. The molecule has 3 aromatic rings. The summed E-state index contributed by atoms with van der Waals surface area (Å²) in [5.41, 5.74) is 2.39. The molecule has 0 aliphatic heterocycles. The lowest BCUT2D eigenvalue weighted by molar-refractivity contribution is -0.115. The molecule has 7 nitrogen and oxygen atoms in total. The van der Waals surface area contributed by atoms with Gasteiger partial charge in [0.1, 0.15) is 5.00 Å². The molecule has 11 heteroatoms. The lowest BCUT2D eigenvalue weighted by Crippen LogP contribution is -2.18. The number of carbonyl (C=O) groups is 3. The number of nitrogens with one attached hydrogen (secondary N) is 1. The van der Waals surface area contributed by atoms with E-state index in [1.807, 2.05) is 23.7 Å². The summed E-state index contributed by atoms with van der Waals surface area (Å²) in [4.78, 5) is 42.8. The van der Waals surface area contributed by atoms with E-state index in [1.54, 1.807) is 6.07 Å². The number of hydrogen-bond donors (Lipinski definition) is 1. The van der Waals surface area contributed by atoms with E-state index < -0.39 is 5.97 Å². The second-order valence-corrected chi connectivity index (χ2v) is 10.7. The second-order valence-electron chi connectivity index (χ2n) is 7.16. The number of nitrogens with zero attached hydrogens (tertiary/aromatic N) is 2. The molecule has 0 fully saturated rings. The van der Waals surface area contributed by atoms with Crippen LogP contribution in [0.1, 0.15) is 27.2 Å². The van der Waals surface area contributed by atoms with E-state index in [4.69, 9.17) is 16.3 Å². The Bertz CT molecular complexity index is 1290. The SMILES string of the molecule is COC(=O)c1c(NC(=O)CSCC(=O)N=c2sc3cc(Cl)ccc3n2C)sc2c1CCC2. The van der Waals surface area contributed by atoms with Crippen LogP contribution >= 0.6 is 46.0 Å². The van der Waals surface area contributed by atoms with Gasteiger partial charge in [-0.15, -0.1) is 23.1 Å². The molecular weight excluding hydrogens is 490 g/mol. The van der Waals surface area contributed by atoms with Crippen molar-refractivity contribution in [1.82, 2.24) is 4.57 Å². The summed E-state index contributed by atoms with van der Waals surface area (Å²) in [5.74, 6) is -0.860. The summed E-state index contributed by atoms with van der Waals surface area (Å²) in [6.45, 7) is 0. The number of esters is 1. The van der Waals surface area contributed by atoms with Gasteiger partial charge in [0.2, 0.25) is 5.91 Å². The third-order valence-electron chi connectivity index (χ3n) is 5.01. The number of methoxy groups -OCH3 is 1. The number of carbonyl (C=O) groups excluding carboxylic acids is 3. The fourth-order valence-electron chi connectivity index (χ4n) is 3.56. The maximum atomic E-state index is 12.4. The van der Waals surface area contributed by atoms with Crippen LogP contribution in [0.4, 0.5) is 5.00 Å². The largest absolute Gasteiger partial charge is 0.465 e. The minimum atomic E-state index is -0.432. The molecule has 0 unspecified atom stereocenters. The van der Waals surface area contributed by atoms with Gasteiger partial charge in [0.25, 0.3) is 5.91 Å². The van der Waals surface area contributed by atoms with Crippen LogP contribution in [0.15, 0.2) is 23.2 Å². The molecule has 0 atom stereocenters. The zero-order chi connectivity index (χ0) is 22.8. The van der Waals surface area contributed by atoms with Crippen molar-refractivity contribution in [2.24, 2.45) is 12.0 Å². The van der Waals surface area contributed by atoms with Crippen LogP contribution in [0.3, 0.4) is 0 Å². The maximum absolute atomic E-state index is 12.4. The topological polar surface area (TPSA) is 89.8 Å². The smallest absolute Gasteiger partial charge is 0.341 e. The molecule has 2 amide bonds. The summed E-state index contributed by atoms with van der Waals surface area (Å²) in [7, 11) is 3.18.